The number of amides is 2. The number of halogens is 2. The molecule has 5 aromatic rings. The van der Waals surface area contributed by atoms with Gasteiger partial charge in [0, 0.05) is 17.7 Å². The number of thiophene rings is 1. The Morgan fingerprint density at radius 1 is 1.00 bits per heavy atom. The van der Waals surface area contributed by atoms with Gasteiger partial charge in [-0.05, 0) is 71.6 Å². The maximum absolute atomic E-state index is 13.8. The topological polar surface area (TPSA) is 102 Å². The van der Waals surface area contributed by atoms with E-state index in [1.54, 1.807) is 35.1 Å². The van der Waals surface area contributed by atoms with Crippen molar-refractivity contribution in [1.82, 2.24) is 25.1 Å². The van der Waals surface area contributed by atoms with E-state index in [1.807, 2.05) is 41.8 Å². The number of hydrogen-bond acceptors (Lipinski definition) is 8. The second kappa shape index (κ2) is 13.4. The van der Waals surface area contributed by atoms with Gasteiger partial charge < -0.3 is 10.1 Å². The van der Waals surface area contributed by atoms with Gasteiger partial charge in [-0.2, -0.15) is 5.10 Å². The maximum atomic E-state index is 13.8. The van der Waals surface area contributed by atoms with Crippen molar-refractivity contribution >= 4 is 40.6 Å². The Kier molecular flexibility index (Phi) is 8.98. The molecule has 0 bridgehead atoms. The number of carbonyl (C=O) groups is 2. The Labute approximate surface area is 265 Å². The van der Waals surface area contributed by atoms with E-state index in [1.165, 1.54) is 35.3 Å². The fourth-order valence-electron chi connectivity index (χ4n) is 4.86. The summed E-state index contributed by atoms with van der Waals surface area (Å²) in [5.41, 5.74) is 2.45. The van der Waals surface area contributed by atoms with Crippen LogP contribution in [0.15, 0.2) is 101 Å². The largest absolute Gasteiger partial charge is 0.497 e. The quantitative estimate of drug-likeness (QED) is 0.187. The molecule has 1 aliphatic rings. The Balaban J connectivity index is 1.23. The third kappa shape index (κ3) is 6.79. The fraction of sp³-hybridized carbons (Fsp3) is 0.156. The standard InChI is InChI=1S/C32H26F2N6O3S2/c1-43-25-13-7-20(8-14-25)27-17-26(28-6-3-15-44-28)38-40(27)30(41)19-45-32-37-36-29(39(32)24-11-9-22(33)10-12-24)18-35-31(42)21-4-2-5-23(34)16-21/h2-16,27H,17-19H2,1H3,(H,35,42). The van der Waals surface area contributed by atoms with Crippen LogP contribution in [0.3, 0.4) is 0 Å². The van der Waals surface area contributed by atoms with Crippen molar-refractivity contribution in [3.8, 4) is 11.4 Å². The molecule has 228 valence electrons. The van der Waals surface area contributed by atoms with Crippen LogP contribution in [-0.2, 0) is 11.3 Å². The van der Waals surface area contributed by atoms with E-state index < -0.39 is 17.5 Å². The normalized spacial score (nSPS) is 14.3. The summed E-state index contributed by atoms with van der Waals surface area (Å²) in [7, 11) is 1.60. The number of nitrogens with zero attached hydrogens (tertiary/aromatic N) is 5. The summed E-state index contributed by atoms with van der Waals surface area (Å²) in [6.45, 7) is -0.0473. The van der Waals surface area contributed by atoms with Crippen LogP contribution in [0.4, 0.5) is 8.78 Å². The molecule has 9 nitrogen and oxygen atoms in total. The number of carbonyl (C=O) groups excluding carboxylic acids is 2. The SMILES string of the molecule is COc1ccc(C2CC(c3cccs3)=NN2C(=O)CSc2nnc(CNC(=O)c3cccc(F)c3)n2-c2ccc(F)cc2)cc1. The number of methoxy groups -OCH3 is 1. The van der Waals surface area contributed by atoms with Crippen molar-refractivity contribution < 1.29 is 23.1 Å². The third-order valence-electron chi connectivity index (χ3n) is 7.08. The molecule has 1 unspecified atom stereocenters. The summed E-state index contributed by atoms with van der Waals surface area (Å²) < 4.78 is 34.4. The molecule has 0 radical (unpaired) electrons. The van der Waals surface area contributed by atoms with Gasteiger partial charge in [0.05, 0.1) is 36.0 Å². The van der Waals surface area contributed by atoms with E-state index in [-0.39, 0.29) is 29.8 Å². The molecule has 1 N–H and O–H groups in total. The molecule has 6 rings (SSSR count). The molecular formula is C32H26F2N6O3S2. The Hall–Kier alpha value is -4.88. The van der Waals surface area contributed by atoms with Crippen molar-refractivity contribution in [1.29, 1.82) is 0 Å². The first-order valence-corrected chi connectivity index (χ1v) is 15.7. The molecule has 0 saturated heterocycles. The Morgan fingerprint density at radius 2 is 1.80 bits per heavy atom. The second-order valence-electron chi connectivity index (χ2n) is 9.95. The average molecular weight is 645 g/mol. The summed E-state index contributed by atoms with van der Waals surface area (Å²) in [4.78, 5) is 27.4. The predicted molar refractivity (Wildman–Crippen MR) is 168 cm³/mol. The highest BCUT2D eigenvalue weighted by Crippen LogP contribution is 2.35. The molecule has 0 fully saturated rings. The zero-order chi connectivity index (χ0) is 31.3. The van der Waals surface area contributed by atoms with Gasteiger partial charge in [-0.3, -0.25) is 14.2 Å². The van der Waals surface area contributed by atoms with Gasteiger partial charge in [-0.15, -0.1) is 21.5 Å². The lowest BCUT2D eigenvalue weighted by Crippen LogP contribution is -2.28. The zero-order valence-corrected chi connectivity index (χ0v) is 25.5. The number of aromatic nitrogens is 3. The van der Waals surface area contributed by atoms with Crippen molar-refractivity contribution in [2.24, 2.45) is 5.10 Å². The number of hydrogen-bond donors (Lipinski definition) is 1. The minimum absolute atomic E-state index is 0.0111. The molecule has 45 heavy (non-hydrogen) atoms. The lowest BCUT2D eigenvalue weighted by Gasteiger charge is -2.22. The number of thioether (sulfide) groups is 1. The number of benzene rings is 3. The number of rotatable bonds is 10. The van der Waals surface area contributed by atoms with Crippen molar-refractivity contribution in [2.45, 2.75) is 24.2 Å². The monoisotopic (exact) mass is 644 g/mol. The van der Waals surface area contributed by atoms with Crippen LogP contribution in [0.25, 0.3) is 5.69 Å². The molecule has 0 aliphatic carbocycles. The molecule has 1 atom stereocenters. The van der Waals surface area contributed by atoms with Gasteiger partial charge in [-0.1, -0.05) is 36.0 Å². The van der Waals surface area contributed by atoms with Gasteiger partial charge in [-0.25, -0.2) is 13.8 Å². The molecule has 0 spiro atoms. The lowest BCUT2D eigenvalue weighted by atomic mass is 10.0. The first-order chi connectivity index (χ1) is 21.9. The number of hydrazone groups is 1. The highest BCUT2D eigenvalue weighted by Gasteiger charge is 2.33. The molecule has 0 saturated carbocycles. The van der Waals surface area contributed by atoms with Gasteiger partial charge in [0.1, 0.15) is 17.4 Å². The summed E-state index contributed by atoms with van der Waals surface area (Å²) in [6, 6.07) is 22.3. The summed E-state index contributed by atoms with van der Waals surface area (Å²) >= 11 is 2.72. The predicted octanol–water partition coefficient (Wildman–Crippen LogP) is 6.02. The maximum Gasteiger partial charge on any atom is 0.253 e. The van der Waals surface area contributed by atoms with E-state index in [0.29, 0.717) is 28.8 Å². The van der Waals surface area contributed by atoms with Crippen molar-refractivity contribution in [2.75, 3.05) is 12.9 Å². The second-order valence-corrected chi connectivity index (χ2v) is 11.8. The molecule has 3 heterocycles. The minimum atomic E-state index is -0.528. The Morgan fingerprint density at radius 3 is 2.51 bits per heavy atom. The molecular weight excluding hydrogens is 619 g/mol. The van der Waals surface area contributed by atoms with Gasteiger partial charge in [0.15, 0.2) is 11.0 Å². The smallest absolute Gasteiger partial charge is 0.253 e. The number of nitrogens with one attached hydrogen (secondary N) is 1. The van der Waals surface area contributed by atoms with Crippen LogP contribution < -0.4 is 10.1 Å². The van der Waals surface area contributed by atoms with Crippen LogP contribution in [0.1, 0.15) is 39.1 Å². The summed E-state index contributed by atoms with van der Waals surface area (Å²) in [5.74, 6) is -0.630. The van der Waals surface area contributed by atoms with Crippen LogP contribution in [0.2, 0.25) is 0 Å². The highest BCUT2D eigenvalue weighted by atomic mass is 32.2. The lowest BCUT2D eigenvalue weighted by molar-refractivity contribution is -0.130. The highest BCUT2D eigenvalue weighted by molar-refractivity contribution is 7.99. The molecule has 3 aromatic carbocycles. The van der Waals surface area contributed by atoms with Crippen LogP contribution in [0.5, 0.6) is 5.75 Å². The van der Waals surface area contributed by atoms with Crippen molar-refractivity contribution in [3.63, 3.8) is 0 Å². The van der Waals surface area contributed by atoms with E-state index in [0.717, 1.165) is 34.0 Å². The summed E-state index contributed by atoms with van der Waals surface area (Å²) in [5, 5.41) is 19.8. The van der Waals surface area contributed by atoms with E-state index in [9.17, 15) is 18.4 Å². The van der Waals surface area contributed by atoms with Crippen LogP contribution in [0, 0.1) is 11.6 Å². The summed E-state index contributed by atoms with van der Waals surface area (Å²) in [6.07, 6.45) is 0.560. The van der Waals surface area contributed by atoms with Crippen LogP contribution in [-0.4, -0.2) is 50.2 Å². The molecule has 13 heteroatoms. The third-order valence-corrected chi connectivity index (χ3v) is 8.91. The van der Waals surface area contributed by atoms with Crippen LogP contribution >= 0.6 is 23.1 Å². The molecule has 2 amide bonds. The van der Waals surface area contributed by atoms with E-state index in [4.69, 9.17) is 9.84 Å². The average Bonchev–Trinajstić information content (AvgIpc) is 3.83. The van der Waals surface area contributed by atoms with Crippen molar-refractivity contribution in [3.05, 3.63) is 124 Å². The number of ether oxygens (including phenoxy) is 1. The molecule has 2 aromatic heterocycles. The first kappa shape index (κ1) is 30.2. The van der Waals surface area contributed by atoms with Gasteiger partial charge in [0.2, 0.25) is 0 Å². The van der Waals surface area contributed by atoms with E-state index >= 15 is 0 Å². The van der Waals surface area contributed by atoms with Gasteiger partial charge >= 0.3 is 0 Å². The first-order valence-electron chi connectivity index (χ1n) is 13.8. The van der Waals surface area contributed by atoms with E-state index in [2.05, 4.69) is 15.5 Å². The Bertz CT molecular complexity index is 1840. The molecule has 1 aliphatic heterocycles. The zero-order valence-electron chi connectivity index (χ0n) is 23.9. The minimum Gasteiger partial charge on any atom is -0.497 e. The van der Waals surface area contributed by atoms with Gasteiger partial charge in [0.25, 0.3) is 11.8 Å². The fourth-order valence-corrected chi connectivity index (χ4v) is 6.40.